The summed E-state index contributed by atoms with van der Waals surface area (Å²) in [6.45, 7) is 7.29. The van der Waals surface area contributed by atoms with Gasteiger partial charge in [-0.1, -0.05) is 24.3 Å². The van der Waals surface area contributed by atoms with E-state index >= 15 is 0 Å². The molecule has 1 aromatic carbocycles. The Morgan fingerprint density at radius 1 is 1.18 bits per heavy atom. The van der Waals surface area contributed by atoms with Crippen LogP contribution in [0.5, 0.6) is 0 Å². The number of aryl methyl sites for hydroxylation is 1. The molecule has 0 spiro atoms. The van der Waals surface area contributed by atoms with Crippen LogP contribution < -0.4 is 10.2 Å². The Balaban J connectivity index is 1.29. The zero-order valence-corrected chi connectivity index (χ0v) is 19.0. The fourth-order valence-corrected chi connectivity index (χ4v) is 4.35. The summed E-state index contributed by atoms with van der Waals surface area (Å²) in [4.78, 5) is 21.7. The Morgan fingerprint density at radius 3 is 2.73 bits per heavy atom. The fourth-order valence-electron chi connectivity index (χ4n) is 4.35. The molecular formula is C26H30N6O. The van der Waals surface area contributed by atoms with Gasteiger partial charge in [-0.3, -0.25) is 9.69 Å². The zero-order valence-electron chi connectivity index (χ0n) is 19.0. The van der Waals surface area contributed by atoms with Crippen LogP contribution in [0.2, 0.25) is 0 Å². The van der Waals surface area contributed by atoms with Crippen molar-refractivity contribution in [3.8, 4) is 6.07 Å². The second-order valence-corrected chi connectivity index (χ2v) is 8.42. The number of carbonyl (C=O) groups is 1. The van der Waals surface area contributed by atoms with Crippen LogP contribution in [0.3, 0.4) is 0 Å². The maximum atomic E-state index is 12.5. The van der Waals surface area contributed by atoms with Gasteiger partial charge in [-0.2, -0.15) is 5.26 Å². The highest BCUT2D eigenvalue weighted by molar-refractivity contribution is 5.96. The number of anilines is 1. The summed E-state index contributed by atoms with van der Waals surface area (Å²) in [7, 11) is 0. The van der Waals surface area contributed by atoms with E-state index in [4.69, 9.17) is 5.26 Å². The van der Waals surface area contributed by atoms with E-state index in [9.17, 15) is 4.79 Å². The number of nitrogens with one attached hydrogen (secondary N) is 1. The number of nitrogens with zero attached hydrogens (tertiary/aromatic N) is 5. The summed E-state index contributed by atoms with van der Waals surface area (Å²) in [6.07, 6.45) is 7.76. The molecule has 1 amide bonds. The van der Waals surface area contributed by atoms with Crippen LogP contribution in [0.1, 0.15) is 18.9 Å². The van der Waals surface area contributed by atoms with E-state index in [0.717, 1.165) is 55.0 Å². The van der Waals surface area contributed by atoms with Gasteiger partial charge in [0.1, 0.15) is 5.82 Å². The Morgan fingerprint density at radius 2 is 1.97 bits per heavy atom. The van der Waals surface area contributed by atoms with Gasteiger partial charge in [-0.05, 0) is 31.2 Å². The summed E-state index contributed by atoms with van der Waals surface area (Å²) in [5.74, 6) is 0.932. The molecule has 1 saturated heterocycles. The number of benzene rings is 1. The highest BCUT2D eigenvalue weighted by Crippen LogP contribution is 2.22. The molecule has 170 valence electrons. The molecule has 0 aliphatic carbocycles. The molecule has 3 heterocycles. The van der Waals surface area contributed by atoms with Crippen LogP contribution in [-0.4, -0.2) is 59.1 Å². The lowest BCUT2D eigenvalue weighted by atomic mass is 10.1. The summed E-state index contributed by atoms with van der Waals surface area (Å²) >= 11 is 0. The van der Waals surface area contributed by atoms with Gasteiger partial charge in [-0.25, -0.2) is 4.98 Å². The Hall–Kier alpha value is -3.63. The number of hydrogen-bond donors (Lipinski definition) is 1. The van der Waals surface area contributed by atoms with Gasteiger partial charge in [-0.15, -0.1) is 0 Å². The van der Waals surface area contributed by atoms with Crippen LogP contribution in [0, 0.1) is 11.3 Å². The largest absolute Gasteiger partial charge is 0.354 e. The average molecular weight is 443 g/mol. The molecule has 0 bridgehead atoms. The van der Waals surface area contributed by atoms with E-state index in [1.807, 2.05) is 67.9 Å². The predicted octanol–water partition coefficient (Wildman–Crippen LogP) is 3.29. The first kappa shape index (κ1) is 22.6. The normalized spacial score (nSPS) is 15.6. The molecule has 1 N–H and O–H groups in total. The number of pyridine rings is 1. The second kappa shape index (κ2) is 10.8. The number of aromatic nitrogens is 2. The molecule has 7 heteroatoms. The number of nitriles is 1. The van der Waals surface area contributed by atoms with Gasteiger partial charge in [0.15, 0.2) is 0 Å². The molecule has 0 radical (unpaired) electrons. The molecule has 1 aliphatic heterocycles. The Bertz CT molecular complexity index is 1140. The van der Waals surface area contributed by atoms with Crippen molar-refractivity contribution in [2.45, 2.75) is 25.9 Å². The fraction of sp³-hybridized carbons (Fsp3) is 0.346. The minimum absolute atomic E-state index is 0.0560. The summed E-state index contributed by atoms with van der Waals surface area (Å²) in [5.41, 5.74) is 2.06. The Kier molecular flexibility index (Phi) is 7.38. The number of hydrogen-bond acceptors (Lipinski definition) is 5. The van der Waals surface area contributed by atoms with Gasteiger partial charge in [0.2, 0.25) is 5.91 Å². The maximum absolute atomic E-state index is 12.5. The van der Waals surface area contributed by atoms with Gasteiger partial charge in [0, 0.05) is 80.2 Å². The van der Waals surface area contributed by atoms with E-state index in [1.54, 1.807) is 6.08 Å². The van der Waals surface area contributed by atoms with Crippen LogP contribution in [0.4, 0.5) is 5.82 Å². The maximum Gasteiger partial charge on any atom is 0.244 e. The van der Waals surface area contributed by atoms with Gasteiger partial charge in [0.25, 0.3) is 0 Å². The van der Waals surface area contributed by atoms with Crippen molar-refractivity contribution in [3.05, 3.63) is 66.5 Å². The lowest BCUT2D eigenvalue weighted by Gasteiger charge is -2.36. The third-order valence-corrected chi connectivity index (χ3v) is 5.96. The summed E-state index contributed by atoms with van der Waals surface area (Å²) in [6, 6.07) is 16.3. The number of fused-ring (bicyclic) bond motifs is 1. The molecule has 7 nitrogen and oxygen atoms in total. The quantitative estimate of drug-likeness (QED) is 0.542. The molecule has 1 atom stereocenters. The van der Waals surface area contributed by atoms with Crippen molar-refractivity contribution in [2.24, 2.45) is 0 Å². The first-order valence-electron chi connectivity index (χ1n) is 11.5. The third kappa shape index (κ3) is 5.79. The highest BCUT2D eigenvalue weighted by atomic mass is 16.1. The van der Waals surface area contributed by atoms with Crippen LogP contribution in [0.15, 0.2) is 60.9 Å². The lowest BCUT2D eigenvalue weighted by Crippen LogP contribution is -2.50. The molecule has 1 fully saturated rings. The van der Waals surface area contributed by atoms with Gasteiger partial charge >= 0.3 is 0 Å². The van der Waals surface area contributed by atoms with Crippen molar-refractivity contribution in [3.63, 3.8) is 0 Å². The zero-order chi connectivity index (χ0) is 23.0. The van der Waals surface area contributed by atoms with E-state index in [1.165, 1.54) is 0 Å². The standard InChI is InChI=1S/C26H30N6O/c1-21(19-30-15-17-31(18-16-30)25-9-4-5-13-28-25)29-26(33)11-10-22-20-32(14-6-12-27)24-8-3-2-7-23(22)24/h2-5,7-11,13,20-21H,6,14-19H2,1H3,(H,29,33). The summed E-state index contributed by atoms with van der Waals surface area (Å²) in [5, 5.41) is 13.1. The summed E-state index contributed by atoms with van der Waals surface area (Å²) < 4.78 is 2.07. The molecule has 1 unspecified atom stereocenters. The molecule has 2 aromatic heterocycles. The van der Waals surface area contributed by atoms with Crippen LogP contribution >= 0.6 is 0 Å². The topological polar surface area (TPSA) is 77.2 Å². The van der Waals surface area contributed by atoms with E-state index < -0.39 is 0 Å². The monoisotopic (exact) mass is 442 g/mol. The molecule has 1 aliphatic rings. The molecular weight excluding hydrogens is 412 g/mol. The van der Waals surface area contributed by atoms with Crippen LogP contribution in [0.25, 0.3) is 17.0 Å². The smallest absolute Gasteiger partial charge is 0.244 e. The Labute approximate surface area is 194 Å². The van der Waals surface area contributed by atoms with Crippen molar-refractivity contribution >= 4 is 28.7 Å². The SMILES string of the molecule is CC(CN1CCN(c2ccccn2)CC1)NC(=O)C=Cc1cn(CCC#N)c2ccccc12. The van der Waals surface area contributed by atoms with Gasteiger partial charge < -0.3 is 14.8 Å². The number of rotatable bonds is 8. The van der Waals surface area contributed by atoms with E-state index in [0.29, 0.717) is 13.0 Å². The number of carbonyl (C=O) groups excluding carboxylic acids is 1. The van der Waals surface area contributed by atoms with Crippen molar-refractivity contribution in [1.82, 2.24) is 19.8 Å². The minimum atomic E-state index is -0.0940. The first-order chi connectivity index (χ1) is 16.1. The van der Waals surface area contributed by atoms with Crippen molar-refractivity contribution < 1.29 is 4.79 Å². The minimum Gasteiger partial charge on any atom is -0.354 e. The third-order valence-electron chi connectivity index (χ3n) is 5.96. The lowest BCUT2D eigenvalue weighted by molar-refractivity contribution is -0.117. The molecule has 33 heavy (non-hydrogen) atoms. The average Bonchev–Trinajstić information content (AvgIpc) is 3.20. The highest BCUT2D eigenvalue weighted by Gasteiger charge is 2.19. The van der Waals surface area contributed by atoms with Crippen LogP contribution in [-0.2, 0) is 11.3 Å². The number of piperazine rings is 1. The predicted molar refractivity (Wildman–Crippen MR) is 132 cm³/mol. The van der Waals surface area contributed by atoms with Crippen molar-refractivity contribution in [2.75, 3.05) is 37.6 Å². The number of amides is 1. The number of para-hydroxylation sites is 1. The van der Waals surface area contributed by atoms with E-state index in [-0.39, 0.29) is 11.9 Å². The molecule has 0 saturated carbocycles. The van der Waals surface area contributed by atoms with Crippen molar-refractivity contribution in [1.29, 1.82) is 5.26 Å². The second-order valence-electron chi connectivity index (χ2n) is 8.42. The first-order valence-corrected chi connectivity index (χ1v) is 11.5. The van der Waals surface area contributed by atoms with E-state index in [2.05, 4.69) is 30.7 Å². The molecule has 3 aromatic rings. The van der Waals surface area contributed by atoms with Gasteiger partial charge in [0.05, 0.1) is 12.5 Å². The molecule has 4 rings (SSSR count).